The molecule has 0 aliphatic carbocycles. The molecule has 1 aromatic heterocycles. The number of benzene rings is 1. The summed E-state index contributed by atoms with van der Waals surface area (Å²) < 4.78 is 7.03. The summed E-state index contributed by atoms with van der Waals surface area (Å²) in [5.41, 5.74) is 1.55. The normalized spacial score (nSPS) is 21.7. The van der Waals surface area contributed by atoms with Crippen molar-refractivity contribution in [2.24, 2.45) is 5.92 Å². The van der Waals surface area contributed by atoms with Gasteiger partial charge in [-0.3, -0.25) is 14.4 Å². The summed E-state index contributed by atoms with van der Waals surface area (Å²) in [5, 5.41) is 8.62. The number of piperidine rings is 1. The van der Waals surface area contributed by atoms with Gasteiger partial charge in [0.2, 0.25) is 17.7 Å². The Morgan fingerprint density at radius 2 is 2.24 bits per heavy atom. The van der Waals surface area contributed by atoms with Crippen LogP contribution in [0.5, 0.6) is 0 Å². The molecule has 0 bridgehead atoms. The molecule has 2 aromatic rings. The quantitative estimate of drug-likeness (QED) is 0.598. The largest absolute Gasteiger partial charge is 0.379 e. The highest BCUT2D eigenvalue weighted by atomic mass is 32.2. The second-order valence-electron chi connectivity index (χ2n) is 7.11. The van der Waals surface area contributed by atoms with E-state index in [1.807, 2.05) is 18.2 Å². The molecule has 2 saturated heterocycles. The number of hydrogen-bond donors (Lipinski definition) is 3. The SMILES string of the molecule is O=C1CCC(C(=O)Nc2ccc3nc(SCC(=O)N[C@@H]4CCOC4)sc3c2)CN1. The van der Waals surface area contributed by atoms with Crippen LogP contribution >= 0.6 is 23.1 Å². The first kappa shape index (κ1) is 20.1. The monoisotopic (exact) mass is 434 g/mol. The third-order valence-corrected chi connectivity index (χ3v) is 7.06. The molecule has 8 nitrogen and oxygen atoms in total. The average molecular weight is 435 g/mol. The third-order valence-electron chi connectivity index (χ3n) is 4.89. The Hall–Kier alpha value is -2.17. The van der Waals surface area contributed by atoms with Crippen LogP contribution in [-0.2, 0) is 19.1 Å². The molecule has 3 amide bonds. The third kappa shape index (κ3) is 5.26. The molecule has 2 atom stereocenters. The molecule has 154 valence electrons. The van der Waals surface area contributed by atoms with E-state index >= 15 is 0 Å². The number of ether oxygens (including phenoxy) is 1. The molecule has 1 aromatic carbocycles. The van der Waals surface area contributed by atoms with Gasteiger partial charge in [0.15, 0.2) is 4.34 Å². The van der Waals surface area contributed by atoms with Crippen molar-refractivity contribution >= 4 is 56.7 Å². The molecular formula is C19H22N4O4S2. The van der Waals surface area contributed by atoms with Gasteiger partial charge in [0, 0.05) is 25.3 Å². The number of carbonyl (C=O) groups is 3. The number of nitrogens with zero attached hydrogens (tertiary/aromatic N) is 1. The van der Waals surface area contributed by atoms with E-state index in [2.05, 4.69) is 20.9 Å². The van der Waals surface area contributed by atoms with E-state index in [0.29, 0.717) is 44.0 Å². The maximum Gasteiger partial charge on any atom is 0.230 e. The molecule has 3 N–H and O–H groups in total. The Balaban J connectivity index is 1.33. The van der Waals surface area contributed by atoms with Crippen LogP contribution in [0.2, 0.25) is 0 Å². The van der Waals surface area contributed by atoms with Gasteiger partial charge in [-0.25, -0.2) is 4.98 Å². The highest BCUT2D eigenvalue weighted by Crippen LogP contribution is 2.31. The number of rotatable bonds is 6. The molecule has 1 unspecified atom stereocenters. The summed E-state index contributed by atoms with van der Waals surface area (Å²) in [6, 6.07) is 5.70. The van der Waals surface area contributed by atoms with Crippen molar-refractivity contribution in [2.75, 3.05) is 30.8 Å². The summed E-state index contributed by atoms with van der Waals surface area (Å²) in [6.45, 7) is 1.66. The minimum Gasteiger partial charge on any atom is -0.379 e. The lowest BCUT2D eigenvalue weighted by atomic mass is 9.98. The number of hydrogen-bond acceptors (Lipinski definition) is 7. The van der Waals surface area contributed by atoms with E-state index < -0.39 is 0 Å². The first-order valence-corrected chi connectivity index (χ1v) is 11.3. The molecule has 2 aliphatic rings. The number of amides is 3. The number of aromatic nitrogens is 1. The van der Waals surface area contributed by atoms with E-state index in [4.69, 9.17) is 4.74 Å². The molecule has 4 rings (SSSR count). The van der Waals surface area contributed by atoms with Crippen LogP contribution in [0.25, 0.3) is 10.2 Å². The van der Waals surface area contributed by atoms with Crippen LogP contribution in [0.4, 0.5) is 5.69 Å². The molecular weight excluding hydrogens is 412 g/mol. The predicted molar refractivity (Wildman–Crippen MR) is 112 cm³/mol. The fourth-order valence-corrected chi connectivity index (χ4v) is 5.21. The zero-order valence-electron chi connectivity index (χ0n) is 15.7. The van der Waals surface area contributed by atoms with Gasteiger partial charge in [0.1, 0.15) is 0 Å². The molecule has 10 heteroatoms. The molecule has 0 saturated carbocycles. The minimum absolute atomic E-state index is 0.00424. The molecule has 0 spiro atoms. The number of thioether (sulfide) groups is 1. The van der Waals surface area contributed by atoms with E-state index in [9.17, 15) is 14.4 Å². The molecule has 0 radical (unpaired) electrons. The summed E-state index contributed by atoms with van der Waals surface area (Å²) in [4.78, 5) is 40.2. The summed E-state index contributed by atoms with van der Waals surface area (Å²) >= 11 is 2.91. The summed E-state index contributed by atoms with van der Waals surface area (Å²) in [6.07, 6.45) is 1.81. The van der Waals surface area contributed by atoms with Gasteiger partial charge in [0.05, 0.1) is 34.5 Å². The summed E-state index contributed by atoms with van der Waals surface area (Å²) in [7, 11) is 0. The van der Waals surface area contributed by atoms with Gasteiger partial charge in [-0.2, -0.15) is 0 Å². The first-order chi connectivity index (χ1) is 14.1. The fourth-order valence-electron chi connectivity index (χ4n) is 3.29. The van der Waals surface area contributed by atoms with E-state index in [0.717, 1.165) is 21.0 Å². The van der Waals surface area contributed by atoms with Gasteiger partial charge >= 0.3 is 0 Å². The number of nitrogens with one attached hydrogen (secondary N) is 3. The van der Waals surface area contributed by atoms with Crippen molar-refractivity contribution < 1.29 is 19.1 Å². The van der Waals surface area contributed by atoms with Gasteiger partial charge in [-0.05, 0) is 31.0 Å². The van der Waals surface area contributed by atoms with Crippen LogP contribution in [-0.4, -0.2) is 54.3 Å². The maximum atomic E-state index is 12.4. The Morgan fingerprint density at radius 1 is 1.34 bits per heavy atom. The Morgan fingerprint density at radius 3 is 3.00 bits per heavy atom. The average Bonchev–Trinajstić information content (AvgIpc) is 3.36. The van der Waals surface area contributed by atoms with Crippen LogP contribution in [0.15, 0.2) is 22.5 Å². The van der Waals surface area contributed by atoms with Gasteiger partial charge in [0.25, 0.3) is 0 Å². The summed E-state index contributed by atoms with van der Waals surface area (Å²) in [5.74, 6) is -0.00341. The van der Waals surface area contributed by atoms with Crippen molar-refractivity contribution in [1.29, 1.82) is 0 Å². The van der Waals surface area contributed by atoms with Crippen LogP contribution < -0.4 is 16.0 Å². The first-order valence-electron chi connectivity index (χ1n) is 9.55. The lowest BCUT2D eigenvalue weighted by Crippen LogP contribution is -2.40. The zero-order chi connectivity index (χ0) is 20.2. The second-order valence-corrected chi connectivity index (χ2v) is 9.36. The van der Waals surface area contributed by atoms with Crippen molar-refractivity contribution in [3.8, 4) is 0 Å². The zero-order valence-corrected chi connectivity index (χ0v) is 17.4. The van der Waals surface area contributed by atoms with Crippen molar-refractivity contribution in [2.45, 2.75) is 29.6 Å². The molecule has 29 heavy (non-hydrogen) atoms. The van der Waals surface area contributed by atoms with Gasteiger partial charge < -0.3 is 20.7 Å². The van der Waals surface area contributed by atoms with E-state index in [1.165, 1.54) is 23.1 Å². The standard InChI is InChI=1S/C19H22N4O4S2/c24-16-4-1-11(8-20-16)18(26)22-12-2-3-14-15(7-12)29-19(23-14)28-10-17(25)21-13-5-6-27-9-13/h2-3,7,11,13H,1,4-6,8-10H2,(H,20,24)(H,21,25)(H,22,26)/t11?,13-/m1/s1. The number of thiazole rings is 1. The Bertz CT molecular complexity index is 916. The highest BCUT2D eigenvalue weighted by Gasteiger charge is 2.24. The van der Waals surface area contributed by atoms with E-state index in [-0.39, 0.29) is 29.7 Å². The number of anilines is 1. The van der Waals surface area contributed by atoms with Crippen LogP contribution in [0, 0.1) is 5.92 Å². The lowest BCUT2D eigenvalue weighted by molar-refractivity contribution is -0.126. The van der Waals surface area contributed by atoms with E-state index in [1.54, 1.807) is 0 Å². The lowest BCUT2D eigenvalue weighted by Gasteiger charge is -2.21. The smallest absolute Gasteiger partial charge is 0.230 e. The van der Waals surface area contributed by atoms with Gasteiger partial charge in [-0.1, -0.05) is 11.8 Å². The topological polar surface area (TPSA) is 109 Å². The van der Waals surface area contributed by atoms with Crippen molar-refractivity contribution in [3.63, 3.8) is 0 Å². The van der Waals surface area contributed by atoms with Crippen LogP contribution in [0.3, 0.4) is 0 Å². The molecule has 2 fully saturated rings. The van der Waals surface area contributed by atoms with Crippen molar-refractivity contribution in [3.05, 3.63) is 18.2 Å². The fraction of sp³-hybridized carbons (Fsp3) is 0.474. The van der Waals surface area contributed by atoms with Crippen LogP contribution in [0.1, 0.15) is 19.3 Å². The van der Waals surface area contributed by atoms with Gasteiger partial charge in [-0.15, -0.1) is 11.3 Å². The number of fused-ring (bicyclic) bond motifs is 1. The highest BCUT2D eigenvalue weighted by molar-refractivity contribution is 8.01. The second kappa shape index (κ2) is 9.10. The van der Waals surface area contributed by atoms with Crippen molar-refractivity contribution in [1.82, 2.24) is 15.6 Å². The molecule has 2 aliphatic heterocycles. The number of carbonyl (C=O) groups excluding carboxylic acids is 3. The maximum absolute atomic E-state index is 12.4. The Kier molecular flexibility index (Phi) is 6.31. The molecule has 3 heterocycles. The minimum atomic E-state index is -0.209. The Labute approximate surface area is 176 Å². The predicted octanol–water partition coefficient (Wildman–Crippen LogP) is 1.76.